The molecule has 0 unspecified atom stereocenters. The lowest BCUT2D eigenvalue weighted by atomic mass is 10.1. The number of nitro benzene ring substituents is 1. The molecule has 6 nitrogen and oxygen atoms in total. The van der Waals surface area contributed by atoms with Crippen molar-refractivity contribution in [2.24, 2.45) is 0 Å². The molecular formula is C12H11N3O3. The fourth-order valence-electron chi connectivity index (χ4n) is 1.67. The average molecular weight is 245 g/mol. The van der Waals surface area contributed by atoms with Crippen LogP contribution in [0.1, 0.15) is 5.56 Å². The van der Waals surface area contributed by atoms with E-state index in [0.29, 0.717) is 5.56 Å². The highest BCUT2D eigenvalue weighted by Crippen LogP contribution is 2.24. The second-order valence-electron chi connectivity index (χ2n) is 3.77. The van der Waals surface area contributed by atoms with Gasteiger partial charge in [-0.2, -0.15) is 0 Å². The molecule has 0 aliphatic carbocycles. The van der Waals surface area contributed by atoms with Gasteiger partial charge in [0.25, 0.3) is 11.2 Å². The molecule has 1 aromatic heterocycles. The number of nitrogens with zero attached hydrogens (tertiary/aromatic N) is 2. The summed E-state index contributed by atoms with van der Waals surface area (Å²) < 4.78 is 1.44. The maximum absolute atomic E-state index is 11.5. The summed E-state index contributed by atoms with van der Waals surface area (Å²) in [5, 5.41) is 10.8. The van der Waals surface area contributed by atoms with Gasteiger partial charge in [0, 0.05) is 23.9 Å². The number of benzene rings is 1. The Hall–Kier alpha value is -2.63. The highest BCUT2D eigenvalue weighted by molar-refractivity contribution is 5.63. The van der Waals surface area contributed by atoms with Crippen molar-refractivity contribution in [1.29, 1.82) is 0 Å². The van der Waals surface area contributed by atoms with Gasteiger partial charge in [-0.05, 0) is 6.07 Å². The number of hydrogen-bond acceptors (Lipinski definition) is 4. The fourth-order valence-corrected chi connectivity index (χ4v) is 1.67. The second kappa shape index (κ2) is 4.70. The molecule has 92 valence electrons. The van der Waals surface area contributed by atoms with E-state index in [1.165, 1.54) is 16.7 Å². The summed E-state index contributed by atoms with van der Waals surface area (Å²) >= 11 is 0. The number of rotatable bonds is 3. The Bertz CT molecular complexity index is 649. The molecule has 0 saturated carbocycles. The average Bonchev–Trinajstić information content (AvgIpc) is 2.34. The molecule has 0 spiro atoms. The molecule has 2 aromatic rings. The molecule has 0 bridgehead atoms. The normalized spacial score (nSPS) is 10.2. The fraction of sp³-hybridized carbons (Fsp3) is 0.0833. The standard InChI is InChI=1S/C12H11N3O3/c13-12-9(4-3-5-10(12)15(17)18)8-14-7-2-1-6-11(14)16/h1-7H,8,13H2. The maximum Gasteiger partial charge on any atom is 0.292 e. The van der Waals surface area contributed by atoms with Crippen molar-refractivity contribution in [2.75, 3.05) is 5.73 Å². The number of hydrogen-bond donors (Lipinski definition) is 1. The van der Waals surface area contributed by atoms with Crippen molar-refractivity contribution >= 4 is 11.4 Å². The Labute approximate surface area is 102 Å². The zero-order valence-electron chi connectivity index (χ0n) is 9.45. The molecule has 1 aromatic carbocycles. The molecule has 2 N–H and O–H groups in total. The van der Waals surface area contributed by atoms with Crippen LogP contribution in [0.5, 0.6) is 0 Å². The van der Waals surface area contributed by atoms with Gasteiger partial charge in [0.2, 0.25) is 0 Å². The van der Waals surface area contributed by atoms with Crippen LogP contribution in [-0.4, -0.2) is 9.49 Å². The predicted molar refractivity (Wildman–Crippen MR) is 67.3 cm³/mol. The largest absolute Gasteiger partial charge is 0.393 e. The molecule has 0 fully saturated rings. The zero-order valence-corrected chi connectivity index (χ0v) is 9.45. The van der Waals surface area contributed by atoms with Crippen molar-refractivity contribution in [1.82, 2.24) is 4.57 Å². The van der Waals surface area contributed by atoms with Crippen LogP contribution in [0.15, 0.2) is 47.4 Å². The summed E-state index contributed by atoms with van der Waals surface area (Å²) in [5.74, 6) is 0. The number of nitrogens with two attached hydrogens (primary N) is 1. The second-order valence-corrected chi connectivity index (χ2v) is 3.77. The van der Waals surface area contributed by atoms with Crippen LogP contribution >= 0.6 is 0 Å². The van der Waals surface area contributed by atoms with E-state index in [2.05, 4.69) is 0 Å². The van der Waals surface area contributed by atoms with E-state index in [-0.39, 0.29) is 23.5 Å². The molecule has 0 radical (unpaired) electrons. The number of nitrogen functional groups attached to an aromatic ring is 1. The smallest absolute Gasteiger partial charge is 0.292 e. The molecule has 6 heteroatoms. The van der Waals surface area contributed by atoms with E-state index in [1.54, 1.807) is 30.5 Å². The lowest BCUT2D eigenvalue weighted by Crippen LogP contribution is -2.19. The van der Waals surface area contributed by atoms with Crippen molar-refractivity contribution in [3.8, 4) is 0 Å². The number of para-hydroxylation sites is 1. The Morgan fingerprint density at radius 3 is 2.67 bits per heavy atom. The zero-order chi connectivity index (χ0) is 13.1. The van der Waals surface area contributed by atoms with E-state index in [0.717, 1.165) is 0 Å². The molecule has 1 heterocycles. The van der Waals surface area contributed by atoms with Gasteiger partial charge in [-0.1, -0.05) is 18.2 Å². The molecule has 0 amide bonds. The first-order chi connectivity index (χ1) is 8.59. The Kier molecular flexibility index (Phi) is 3.09. The Balaban J connectivity index is 2.42. The van der Waals surface area contributed by atoms with E-state index in [9.17, 15) is 14.9 Å². The molecule has 0 atom stereocenters. The van der Waals surface area contributed by atoms with Gasteiger partial charge in [-0.15, -0.1) is 0 Å². The maximum atomic E-state index is 11.5. The first-order valence-electron chi connectivity index (χ1n) is 5.27. The van der Waals surface area contributed by atoms with Crippen molar-refractivity contribution < 1.29 is 4.92 Å². The van der Waals surface area contributed by atoms with Gasteiger partial charge in [-0.25, -0.2) is 0 Å². The molecule has 0 aliphatic heterocycles. The summed E-state index contributed by atoms with van der Waals surface area (Å²) in [6.07, 6.45) is 1.61. The van der Waals surface area contributed by atoms with Crippen LogP contribution in [-0.2, 0) is 6.54 Å². The molecule has 18 heavy (non-hydrogen) atoms. The summed E-state index contributed by atoms with van der Waals surface area (Å²) in [7, 11) is 0. The molecule has 0 saturated heterocycles. The highest BCUT2D eigenvalue weighted by atomic mass is 16.6. The van der Waals surface area contributed by atoms with Crippen molar-refractivity contribution in [3.63, 3.8) is 0 Å². The molecule has 0 aliphatic rings. The van der Waals surface area contributed by atoms with Crippen LogP contribution in [0.3, 0.4) is 0 Å². The van der Waals surface area contributed by atoms with Gasteiger partial charge < -0.3 is 10.3 Å². The van der Waals surface area contributed by atoms with Crippen molar-refractivity contribution in [3.05, 3.63) is 68.6 Å². The first kappa shape index (κ1) is 11.8. The Morgan fingerprint density at radius 2 is 2.00 bits per heavy atom. The quantitative estimate of drug-likeness (QED) is 0.502. The lowest BCUT2D eigenvalue weighted by molar-refractivity contribution is -0.383. The minimum atomic E-state index is -0.535. The minimum Gasteiger partial charge on any atom is -0.393 e. The third kappa shape index (κ3) is 2.22. The summed E-state index contributed by atoms with van der Waals surface area (Å²) in [6.45, 7) is 0.215. The number of nitro groups is 1. The summed E-state index contributed by atoms with van der Waals surface area (Å²) in [5.41, 5.74) is 6.05. The third-order valence-corrected chi connectivity index (χ3v) is 2.61. The molecular weight excluding hydrogens is 234 g/mol. The van der Waals surface area contributed by atoms with E-state index in [4.69, 9.17) is 5.73 Å². The van der Waals surface area contributed by atoms with Gasteiger partial charge in [0.1, 0.15) is 5.69 Å². The Morgan fingerprint density at radius 1 is 1.22 bits per heavy atom. The van der Waals surface area contributed by atoms with Crippen molar-refractivity contribution in [2.45, 2.75) is 6.54 Å². The monoisotopic (exact) mass is 245 g/mol. The van der Waals surface area contributed by atoms with Crippen LogP contribution < -0.4 is 11.3 Å². The van der Waals surface area contributed by atoms with E-state index < -0.39 is 4.92 Å². The van der Waals surface area contributed by atoms with Gasteiger partial charge in [-0.3, -0.25) is 14.9 Å². The third-order valence-electron chi connectivity index (χ3n) is 2.61. The topological polar surface area (TPSA) is 91.2 Å². The van der Waals surface area contributed by atoms with E-state index >= 15 is 0 Å². The number of aromatic nitrogens is 1. The lowest BCUT2D eigenvalue weighted by Gasteiger charge is -2.08. The SMILES string of the molecule is Nc1c(Cn2ccccc2=O)cccc1[N+](=O)[O-]. The van der Waals surface area contributed by atoms with Gasteiger partial charge in [0.15, 0.2) is 0 Å². The van der Waals surface area contributed by atoms with Gasteiger partial charge in [0.05, 0.1) is 11.5 Å². The number of pyridine rings is 1. The highest BCUT2D eigenvalue weighted by Gasteiger charge is 2.14. The minimum absolute atomic E-state index is 0.0956. The summed E-state index contributed by atoms with van der Waals surface area (Å²) in [6, 6.07) is 9.34. The first-order valence-corrected chi connectivity index (χ1v) is 5.27. The van der Waals surface area contributed by atoms with Gasteiger partial charge >= 0.3 is 0 Å². The predicted octanol–water partition coefficient (Wildman–Crippen LogP) is 1.39. The van der Waals surface area contributed by atoms with Crippen LogP contribution in [0.25, 0.3) is 0 Å². The summed E-state index contributed by atoms with van der Waals surface area (Å²) in [4.78, 5) is 21.8. The number of anilines is 1. The van der Waals surface area contributed by atoms with Crippen LogP contribution in [0, 0.1) is 10.1 Å². The molecule has 2 rings (SSSR count). The van der Waals surface area contributed by atoms with Crippen LogP contribution in [0.2, 0.25) is 0 Å². The van der Waals surface area contributed by atoms with Crippen LogP contribution in [0.4, 0.5) is 11.4 Å². The van der Waals surface area contributed by atoms with E-state index in [1.807, 2.05) is 0 Å².